The van der Waals surface area contributed by atoms with E-state index in [0.29, 0.717) is 19.0 Å². The second-order valence-corrected chi connectivity index (χ2v) is 5.81. The highest BCUT2D eigenvalue weighted by atomic mass is 16.4. The van der Waals surface area contributed by atoms with Crippen molar-refractivity contribution >= 4 is 0 Å². The van der Waals surface area contributed by atoms with Crippen LogP contribution in [-0.4, -0.2) is 28.1 Å². The molecule has 0 saturated heterocycles. The number of hydrogen-bond donors (Lipinski definition) is 1. The first-order chi connectivity index (χ1) is 11.8. The number of rotatable bonds is 7. The molecular weight excluding hydrogens is 300 g/mol. The second-order valence-electron chi connectivity index (χ2n) is 5.81. The first kappa shape index (κ1) is 16.4. The number of aliphatic hydroxyl groups is 1. The Labute approximate surface area is 142 Å². The molecule has 0 aliphatic heterocycles. The smallest absolute Gasteiger partial charge is 0.226 e. The standard InChI is InChI=1S/C20H22N2O2/c1-16-19(21-20(24-16)18-10-6-3-7-11-18)15-22(12-13-23)14-17-8-4-2-5-9-17/h2-11,23H,12-15H2,1H3. The summed E-state index contributed by atoms with van der Waals surface area (Å²) in [6.07, 6.45) is 0. The number of hydrogen-bond acceptors (Lipinski definition) is 4. The normalized spacial score (nSPS) is 11.1. The van der Waals surface area contributed by atoms with Gasteiger partial charge in [-0.3, -0.25) is 4.90 Å². The van der Waals surface area contributed by atoms with Gasteiger partial charge in [0.1, 0.15) is 5.76 Å². The van der Waals surface area contributed by atoms with Gasteiger partial charge in [0, 0.05) is 25.2 Å². The Hall–Kier alpha value is -2.43. The Morgan fingerprint density at radius 3 is 2.29 bits per heavy atom. The third-order valence-electron chi connectivity index (χ3n) is 3.95. The zero-order chi connectivity index (χ0) is 16.8. The van der Waals surface area contributed by atoms with E-state index in [1.807, 2.05) is 55.5 Å². The van der Waals surface area contributed by atoms with E-state index in [1.54, 1.807) is 0 Å². The zero-order valence-corrected chi connectivity index (χ0v) is 13.9. The topological polar surface area (TPSA) is 49.5 Å². The Morgan fingerprint density at radius 1 is 0.958 bits per heavy atom. The van der Waals surface area contributed by atoms with Crippen LogP contribution in [0.25, 0.3) is 11.5 Å². The van der Waals surface area contributed by atoms with Crippen molar-refractivity contribution in [3.63, 3.8) is 0 Å². The predicted molar refractivity (Wildman–Crippen MR) is 94.3 cm³/mol. The summed E-state index contributed by atoms with van der Waals surface area (Å²) in [6, 6.07) is 20.2. The van der Waals surface area contributed by atoms with Crippen molar-refractivity contribution in [2.24, 2.45) is 0 Å². The average molecular weight is 322 g/mol. The van der Waals surface area contributed by atoms with Crippen molar-refractivity contribution in [3.8, 4) is 11.5 Å². The van der Waals surface area contributed by atoms with Crippen LogP contribution in [-0.2, 0) is 13.1 Å². The van der Waals surface area contributed by atoms with Gasteiger partial charge < -0.3 is 9.52 Å². The van der Waals surface area contributed by atoms with E-state index in [0.717, 1.165) is 23.6 Å². The van der Waals surface area contributed by atoms with E-state index in [1.165, 1.54) is 5.56 Å². The van der Waals surface area contributed by atoms with Crippen molar-refractivity contribution in [3.05, 3.63) is 77.7 Å². The van der Waals surface area contributed by atoms with Crippen molar-refractivity contribution in [1.82, 2.24) is 9.88 Å². The van der Waals surface area contributed by atoms with Gasteiger partial charge in [-0.05, 0) is 24.6 Å². The van der Waals surface area contributed by atoms with Gasteiger partial charge in [-0.25, -0.2) is 4.98 Å². The quantitative estimate of drug-likeness (QED) is 0.721. The summed E-state index contributed by atoms with van der Waals surface area (Å²) in [7, 11) is 0. The molecule has 0 spiro atoms. The molecule has 0 aliphatic rings. The van der Waals surface area contributed by atoms with Crippen LogP contribution in [0, 0.1) is 6.92 Å². The van der Waals surface area contributed by atoms with Gasteiger partial charge in [0.05, 0.1) is 12.3 Å². The van der Waals surface area contributed by atoms with Gasteiger partial charge in [-0.15, -0.1) is 0 Å². The Kier molecular flexibility index (Phi) is 5.41. The van der Waals surface area contributed by atoms with Gasteiger partial charge in [-0.1, -0.05) is 48.5 Å². The number of nitrogens with zero attached hydrogens (tertiary/aromatic N) is 2. The molecule has 0 unspecified atom stereocenters. The lowest BCUT2D eigenvalue weighted by molar-refractivity contribution is 0.182. The molecule has 24 heavy (non-hydrogen) atoms. The highest BCUT2D eigenvalue weighted by Gasteiger charge is 2.15. The first-order valence-electron chi connectivity index (χ1n) is 8.15. The lowest BCUT2D eigenvalue weighted by atomic mass is 10.2. The first-order valence-corrected chi connectivity index (χ1v) is 8.15. The van der Waals surface area contributed by atoms with Crippen LogP contribution in [0.2, 0.25) is 0 Å². The molecule has 1 heterocycles. The molecule has 0 radical (unpaired) electrons. The molecule has 0 bridgehead atoms. The molecular formula is C20H22N2O2. The summed E-state index contributed by atoms with van der Waals surface area (Å²) >= 11 is 0. The molecule has 2 aromatic carbocycles. The third kappa shape index (κ3) is 4.10. The molecule has 3 aromatic rings. The summed E-state index contributed by atoms with van der Waals surface area (Å²) < 4.78 is 5.83. The lowest BCUT2D eigenvalue weighted by Crippen LogP contribution is -2.26. The van der Waals surface area contributed by atoms with Gasteiger partial charge in [-0.2, -0.15) is 0 Å². The lowest BCUT2D eigenvalue weighted by Gasteiger charge is -2.20. The minimum atomic E-state index is 0.120. The fourth-order valence-corrected chi connectivity index (χ4v) is 2.69. The van der Waals surface area contributed by atoms with Crippen LogP contribution in [0.1, 0.15) is 17.0 Å². The van der Waals surface area contributed by atoms with Gasteiger partial charge >= 0.3 is 0 Å². The summed E-state index contributed by atoms with van der Waals surface area (Å²) in [5, 5.41) is 9.36. The van der Waals surface area contributed by atoms with E-state index in [-0.39, 0.29) is 6.61 Å². The maximum Gasteiger partial charge on any atom is 0.226 e. The van der Waals surface area contributed by atoms with Crippen molar-refractivity contribution in [1.29, 1.82) is 0 Å². The van der Waals surface area contributed by atoms with Crippen LogP contribution in [0.15, 0.2) is 65.1 Å². The van der Waals surface area contributed by atoms with Gasteiger partial charge in [0.25, 0.3) is 0 Å². The van der Waals surface area contributed by atoms with Crippen LogP contribution in [0.4, 0.5) is 0 Å². The van der Waals surface area contributed by atoms with Gasteiger partial charge in [0.2, 0.25) is 5.89 Å². The molecule has 1 aromatic heterocycles. The molecule has 0 fully saturated rings. The van der Waals surface area contributed by atoms with Gasteiger partial charge in [0.15, 0.2) is 0 Å². The van der Waals surface area contributed by atoms with Crippen molar-refractivity contribution < 1.29 is 9.52 Å². The molecule has 0 aliphatic carbocycles. The number of aliphatic hydroxyl groups excluding tert-OH is 1. The fraction of sp³-hybridized carbons (Fsp3) is 0.250. The van der Waals surface area contributed by atoms with Crippen LogP contribution in [0.3, 0.4) is 0 Å². The van der Waals surface area contributed by atoms with Crippen LogP contribution < -0.4 is 0 Å². The highest BCUT2D eigenvalue weighted by Crippen LogP contribution is 2.22. The molecule has 1 N–H and O–H groups in total. The SMILES string of the molecule is Cc1oc(-c2ccccc2)nc1CN(CCO)Cc1ccccc1. The number of oxazole rings is 1. The Balaban J connectivity index is 1.76. The number of benzene rings is 2. The minimum absolute atomic E-state index is 0.120. The van der Waals surface area contributed by atoms with E-state index >= 15 is 0 Å². The molecule has 3 rings (SSSR count). The molecule has 4 nitrogen and oxygen atoms in total. The van der Waals surface area contributed by atoms with E-state index in [4.69, 9.17) is 4.42 Å². The van der Waals surface area contributed by atoms with Crippen LogP contribution in [0.5, 0.6) is 0 Å². The molecule has 0 atom stereocenters. The Morgan fingerprint density at radius 2 is 1.62 bits per heavy atom. The average Bonchev–Trinajstić information content (AvgIpc) is 2.98. The molecule has 0 saturated carbocycles. The van der Waals surface area contributed by atoms with E-state index in [2.05, 4.69) is 22.0 Å². The fourth-order valence-electron chi connectivity index (χ4n) is 2.69. The zero-order valence-electron chi connectivity index (χ0n) is 13.9. The molecule has 4 heteroatoms. The summed E-state index contributed by atoms with van der Waals surface area (Å²) in [5.41, 5.74) is 3.11. The number of aryl methyl sites for hydroxylation is 1. The number of aromatic nitrogens is 1. The van der Waals surface area contributed by atoms with Crippen molar-refractivity contribution in [2.75, 3.05) is 13.2 Å². The van der Waals surface area contributed by atoms with E-state index < -0.39 is 0 Å². The Bertz CT molecular complexity index is 754. The summed E-state index contributed by atoms with van der Waals surface area (Å²) in [4.78, 5) is 6.83. The maximum absolute atomic E-state index is 9.36. The minimum Gasteiger partial charge on any atom is -0.441 e. The monoisotopic (exact) mass is 322 g/mol. The van der Waals surface area contributed by atoms with E-state index in [9.17, 15) is 5.11 Å². The van der Waals surface area contributed by atoms with Crippen LogP contribution >= 0.6 is 0 Å². The third-order valence-corrected chi connectivity index (χ3v) is 3.95. The highest BCUT2D eigenvalue weighted by molar-refractivity contribution is 5.53. The van der Waals surface area contributed by atoms with Crippen molar-refractivity contribution in [2.45, 2.75) is 20.0 Å². The second kappa shape index (κ2) is 7.90. The summed E-state index contributed by atoms with van der Waals surface area (Å²) in [6.45, 7) is 4.08. The maximum atomic E-state index is 9.36. The summed E-state index contributed by atoms with van der Waals surface area (Å²) in [5.74, 6) is 1.47. The largest absolute Gasteiger partial charge is 0.441 e. The molecule has 0 amide bonds. The molecule has 124 valence electrons. The predicted octanol–water partition coefficient (Wildman–Crippen LogP) is 3.64.